The third-order valence-corrected chi connectivity index (χ3v) is 7.51. The Morgan fingerprint density at radius 3 is 2.69 bits per heavy atom. The number of aldehydes is 1. The molecule has 1 fully saturated rings. The number of thiazole rings is 1. The quantitative estimate of drug-likeness (QED) is 0.433. The van der Waals surface area contributed by atoms with Crippen LogP contribution >= 0.6 is 11.3 Å². The minimum atomic E-state index is -3.15. The number of rotatable bonds is 8. The summed E-state index contributed by atoms with van der Waals surface area (Å²) in [7, 11) is 0. The van der Waals surface area contributed by atoms with Crippen molar-refractivity contribution in [2.75, 3.05) is 19.7 Å². The Hall–Kier alpha value is -2.48. The molecule has 1 saturated heterocycles. The van der Waals surface area contributed by atoms with Crippen molar-refractivity contribution in [2.24, 2.45) is 11.3 Å². The number of benzene rings is 1. The summed E-state index contributed by atoms with van der Waals surface area (Å²) in [5.74, 6) is -1.14. The van der Waals surface area contributed by atoms with Crippen LogP contribution in [-0.4, -0.2) is 48.1 Å². The van der Waals surface area contributed by atoms with E-state index in [-0.39, 0.29) is 33.2 Å². The second-order valence-electron chi connectivity index (χ2n) is 9.87. The van der Waals surface area contributed by atoms with E-state index in [1.165, 1.54) is 0 Å². The van der Waals surface area contributed by atoms with Gasteiger partial charge in [0.2, 0.25) is 0 Å². The van der Waals surface area contributed by atoms with Gasteiger partial charge in [0.1, 0.15) is 22.4 Å². The lowest BCUT2D eigenvalue weighted by atomic mass is 9.72. The average molecular weight is 510 g/mol. The molecule has 1 aliphatic rings. The zero-order chi connectivity index (χ0) is 26.0. The predicted molar refractivity (Wildman–Crippen MR) is 127 cm³/mol. The largest absolute Gasteiger partial charge is 0.434 e. The van der Waals surface area contributed by atoms with Crippen molar-refractivity contribution in [3.8, 4) is 22.4 Å². The lowest BCUT2D eigenvalue weighted by Crippen LogP contribution is -2.56. The Bertz CT molecular complexity index is 1110. The van der Waals surface area contributed by atoms with E-state index in [9.17, 15) is 18.8 Å². The summed E-state index contributed by atoms with van der Waals surface area (Å²) in [6.07, 6.45) is 1.51. The summed E-state index contributed by atoms with van der Waals surface area (Å²) in [6, 6.07) is 3.98. The number of alkyl halides is 2. The van der Waals surface area contributed by atoms with Gasteiger partial charge in [-0.25, -0.2) is 9.37 Å². The fraction of sp³-hybridized carbons (Fsp3) is 0.560. The molecule has 0 amide bonds. The standard InChI is InChI=1S/C25H30F3N3O3S/c1-6-33-25(14-32)9-17(24(3,4)5)11-31(13-25)12-19-15(2)30-22(35-19)20-18(34-23(27)28)8-7-16(10-29)21(20)26/h7-8,14,17,23H,6,9,11-13H2,1-5H3/t17-,25+/m1/s1. The molecule has 2 atom stereocenters. The summed E-state index contributed by atoms with van der Waals surface area (Å²) >= 11 is 1.15. The molecular formula is C25H30F3N3O3S. The smallest absolute Gasteiger partial charge is 0.387 e. The van der Waals surface area contributed by atoms with Crippen LogP contribution in [0.1, 0.15) is 50.3 Å². The highest BCUT2D eigenvalue weighted by atomic mass is 32.1. The lowest BCUT2D eigenvalue weighted by molar-refractivity contribution is -0.147. The van der Waals surface area contributed by atoms with Gasteiger partial charge in [0.05, 0.1) is 16.8 Å². The molecule has 0 N–H and O–H groups in total. The van der Waals surface area contributed by atoms with Crippen LogP contribution in [0.4, 0.5) is 13.2 Å². The fourth-order valence-corrected chi connectivity index (χ4v) is 5.58. The second-order valence-corrected chi connectivity index (χ2v) is 11.0. The highest BCUT2D eigenvalue weighted by Crippen LogP contribution is 2.41. The summed E-state index contributed by atoms with van der Waals surface area (Å²) in [5, 5.41) is 9.35. The first-order valence-corrected chi connectivity index (χ1v) is 12.2. The number of hydrogen-bond acceptors (Lipinski definition) is 7. The maximum atomic E-state index is 15.0. The van der Waals surface area contributed by atoms with Gasteiger partial charge in [-0.2, -0.15) is 14.0 Å². The molecule has 1 aromatic carbocycles. The second kappa shape index (κ2) is 10.6. The van der Waals surface area contributed by atoms with Crippen LogP contribution in [-0.2, 0) is 16.1 Å². The van der Waals surface area contributed by atoms with E-state index >= 15 is 4.39 Å². The van der Waals surface area contributed by atoms with Gasteiger partial charge >= 0.3 is 6.61 Å². The number of carbonyl (C=O) groups excluding carboxylic acids is 1. The number of aromatic nitrogens is 1. The SMILES string of the molecule is CCO[C@@]1(C=O)C[C@@H](C(C)(C)C)CN(Cc2sc(-c3c(OC(F)F)ccc(C#N)c3F)nc2C)C1. The van der Waals surface area contributed by atoms with E-state index in [0.717, 1.165) is 41.2 Å². The van der Waals surface area contributed by atoms with Crippen molar-refractivity contribution in [1.82, 2.24) is 9.88 Å². The number of nitriles is 1. The van der Waals surface area contributed by atoms with Gasteiger partial charge in [-0.15, -0.1) is 11.3 Å². The van der Waals surface area contributed by atoms with Crippen LogP contribution in [0.5, 0.6) is 5.75 Å². The number of hydrogen-bond donors (Lipinski definition) is 0. The van der Waals surface area contributed by atoms with Crippen molar-refractivity contribution in [2.45, 2.75) is 59.8 Å². The average Bonchev–Trinajstić information content (AvgIpc) is 3.12. The number of piperidine rings is 1. The number of aryl methyl sites for hydroxylation is 1. The van der Waals surface area contributed by atoms with E-state index < -0.39 is 18.0 Å². The highest BCUT2D eigenvalue weighted by Gasteiger charge is 2.44. The molecule has 0 radical (unpaired) electrons. The summed E-state index contributed by atoms with van der Waals surface area (Å²) < 4.78 is 51.4. The zero-order valence-electron chi connectivity index (χ0n) is 20.5. The van der Waals surface area contributed by atoms with E-state index in [1.54, 1.807) is 13.0 Å². The number of carbonyl (C=O) groups is 1. The van der Waals surface area contributed by atoms with Crippen LogP contribution < -0.4 is 4.74 Å². The number of nitrogens with zero attached hydrogens (tertiary/aromatic N) is 3. The molecule has 0 spiro atoms. The summed E-state index contributed by atoms with van der Waals surface area (Å²) in [6.45, 7) is 8.85. The molecule has 1 aliphatic heterocycles. The van der Waals surface area contributed by atoms with Crippen molar-refractivity contribution in [1.29, 1.82) is 5.26 Å². The molecule has 0 saturated carbocycles. The monoisotopic (exact) mass is 509 g/mol. The summed E-state index contributed by atoms with van der Waals surface area (Å²) in [5.41, 5.74) is -0.905. The topological polar surface area (TPSA) is 75.4 Å². The maximum absolute atomic E-state index is 15.0. The van der Waals surface area contributed by atoms with Gasteiger partial charge in [-0.3, -0.25) is 4.90 Å². The molecule has 2 aromatic rings. The summed E-state index contributed by atoms with van der Waals surface area (Å²) in [4.78, 5) is 19.5. The molecule has 2 heterocycles. The molecule has 3 rings (SSSR count). The van der Waals surface area contributed by atoms with Gasteiger partial charge in [-0.1, -0.05) is 20.8 Å². The number of likely N-dealkylation sites (tertiary alicyclic amines) is 1. The van der Waals surface area contributed by atoms with Gasteiger partial charge in [0.15, 0.2) is 12.1 Å². The molecule has 0 unspecified atom stereocenters. The molecular weight excluding hydrogens is 479 g/mol. The minimum absolute atomic E-state index is 0.0552. The first-order valence-electron chi connectivity index (χ1n) is 11.4. The van der Waals surface area contributed by atoms with Crippen molar-refractivity contribution in [3.05, 3.63) is 34.1 Å². The fourth-order valence-electron chi connectivity index (χ4n) is 4.44. The van der Waals surface area contributed by atoms with Gasteiger partial charge in [0.25, 0.3) is 0 Å². The number of ether oxygens (including phenoxy) is 2. The molecule has 0 bridgehead atoms. The molecule has 6 nitrogen and oxygen atoms in total. The van der Waals surface area contributed by atoms with Crippen molar-refractivity contribution < 1.29 is 27.4 Å². The van der Waals surface area contributed by atoms with E-state index in [1.807, 2.05) is 6.92 Å². The maximum Gasteiger partial charge on any atom is 0.387 e. The Balaban J connectivity index is 1.97. The Kier molecular flexibility index (Phi) is 8.25. The molecule has 35 heavy (non-hydrogen) atoms. The number of halogens is 3. The Labute approximate surface area is 207 Å². The Morgan fingerprint density at radius 2 is 2.11 bits per heavy atom. The lowest BCUT2D eigenvalue weighted by Gasteiger charge is -2.47. The molecule has 10 heteroatoms. The first-order chi connectivity index (χ1) is 16.4. The zero-order valence-corrected chi connectivity index (χ0v) is 21.3. The van der Waals surface area contributed by atoms with Crippen LogP contribution in [0.3, 0.4) is 0 Å². The highest BCUT2D eigenvalue weighted by molar-refractivity contribution is 7.15. The minimum Gasteiger partial charge on any atom is -0.434 e. The normalized spacial score (nSPS) is 21.2. The Morgan fingerprint density at radius 1 is 1.40 bits per heavy atom. The van der Waals surface area contributed by atoms with E-state index in [0.29, 0.717) is 31.8 Å². The van der Waals surface area contributed by atoms with Crippen LogP contribution in [0.2, 0.25) is 0 Å². The van der Waals surface area contributed by atoms with E-state index in [4.69, 9.17) is 4.74 Å². The molecule has 190 valence electrons. The molecule has 1 aromatic heterocycles. The van der Waals surface area contributed by atoms with Crippen molar-refractivity contribution in [3.63, 3.8) is 0 Å². The van der Waals surface area contributed by atoms with Gasteiger partial charge in [0, 0.05) is 31.1 Å². The first kappa shape index (κ1) is 27.1. The van der Waals surface area contributed by atoms with E-state index in [2.05, 4.69) is 35.4 Å². The van der Waals surface area contributed by atoms with Crippen LogP contribution in [0.15, 0.2) is 12.1 Å². The van der Waals surface area contributed by atoms with Crippen molar-refractivity contribution >= 4 is 17.6 Å². The van der Waals surface area contributed by atoms with Gasteiger partial charge < -0.3 is 14.3 Å². The molecule has 0 aliphatic carbocycles. The van der Waals surface area contributed by atoms with Crippen LogP contribution in [0, 0.1) is 35.4 Å². The van der Waals surface area contributed by atoms with Gasteiger partial charge in [-0.05, 0) is 43.7 Å². The predicted octanol–water partition coefficient (Wildman–Crippen LogP) is 5.57. The third kappa shape index (κ3) is 6.02. The third-order valence-electron chi connectivity index (χ3n) is 6.35. The van der Waals surface area contributed by atoms with Crippen LogP contribution in [0.25, 0.3) is 10.6 Å².